The number of rotatable bonds is 3. The Morgan fingerprint density at radius 1 is 1.19 bits per heavy atom. The SMILES string of the molecule is Cc1nc(C)c([C@H](C)NC(=O)C(=O)Nc2ccc3c(c2)OC(F)(F)O3)s1. The average Bonchev–Trinajstić information content (AvgIpc) is 3.03. The van der Waals surface area contributed by atoms with Gasteiger partial charge in [-0.25, -0.2) is 4.98 Å². The van der Waals surface area contributed by atoms with Gasteiger partial charge in [-0.1, -0.05) is 0 Å². The second-order valence-electron chi connectivity index (χ2n) is 5.66. The van der Waals surface area contributed by atoms with Crippen molar-refractivity contribution in [1.29, 1.82) is 0 Å². The van der Waals surface area contributed by atoms with Gasteiger partial charge in [-0.15, -0.1) is 20.1 Å². The highest BCUT2D eigenvalue weighted by Crippen LogP contribution is 2.42. The van der Waals surface area contributed by atoms with E-state index in [1.54, 1.807) is 6.92 Å². The number of nitrogens with one attached hydrogen (secondary N) is 2. The molecule has 138 valence electrons. The summed E-state index contributed by atoms with van der Waals surface area (Å²) in [6.07, 6.45) is -3.75. The second kappa shape index (κ2) is 6.52. The molecule has 10 heteroatoms. The van der Waals surface area contributed by atoms with Gasteiger partial charge in [0.2, 0.25) is 0 Å². The Balaban J connectivity index is 1.63. The van der Waals surface area contributed by atoms with E-state index in [4.69, 9.17) is 0 Å². The van der Waals surface area contributed by atoms with Gasteiger partial charge in [0.05, 0.1) is 16.7 Å². The molecule has 2 N–H and O–H groups in total. The summed E-state index contributed by atoms with van der Waals surface area (Å²) in [6.45, 7) is 5.42. The number of thiazole rings is 1. The van der Waals surface area contributed by atoms with Gasteiger partial charge in [0.1, 0.15) is 0 Å². The normalized spacial score (nSPS) is 15.4. The van der Waals surface area contributed by atoms with Crippen LogP contribution in [0.15, 0.2) is 18.2 Å². The number of carbonyl (C=O) groups is 2. The molecule has 1 aliphatic rings. The minimum atomic E-state index is -3.75. The number of aromatic nitrogens is 1. The Hall–Kier alpha value is -2.75. The fraction of sp³-hybridized carbons (Fsp3) is 0.312. The largest absolute Gasteiger partial charge is 0.586 e. The lowest BCUT2D eigenvalue weighted by molar-refractivity contribution is -0.286. The predicted molar refractivity (Wildman–Crippen MR) is 89.4 cm³/mol. The van der Waals surface area contributed by atoms with Crippen LogP contribution in [-0.4, -0.2) is 23.1 Å². The summed E-state index contributed by atoms with van der Waals surface area (Å²) in [4.78, 5) is 29.2. The summed E-state index contributed by atoms with van der Waals surface area (Å²) in [5.41, 5.74) is 0.917. The standard InChI is InChI=1S/C16H15F2N3O4S/c1-7-13(26-9(3)19-7)8(2)20-14(22)15(23)21-10-4-5-11-12(6-10)25-16(17,18)24-11/h4-6,8H,1-3H3,(H,20,22)(H,21,23)/t8-/m0/s1. The van der Waals surface area contributed by atoms with Gasteiger partial charge in [0.25, 0.3) is 0 Å². The number of ether oxygens (including phenoxy) is 2. The predicted octanol–water partition coefficient (Wildman–Crippen LogP) is 2.90. The fourth-order valence-electron chi connectivity index (χ4n) is 2.49. The molecule has 2 aromatic rings. The molecule has 2 heterocycles. The Labute approximate surface area is 151 Å². The first-order valence-corrected chi connectivity index (χ1v) is 8.42. The maximum atomic E-state index is 13.0. The van der Waals surface area contributed by atoms with Crippen molar-refractivity contribution >= 4 is 28.8 Å². The van der Waals surface area contributed by atoms with Gasteiger partial charge in [0.15, 0.2) is 11.5 Å². The third kappa shape index (κ3) is 3.74. The number of benzene rings is 1. The molecule has 1 aromatic heterocycles. The van der Waals surface area contributed by atoms with Crippen molar-refractivity contribution in [2.75, 3.05) is 5.32 Å². The highest BCUT2D eigenvalue weighted by atomic mass is 32.1. The Kier molecular flexibility index (Phi) is 4.53. The summed E-state index contributed by atoms with van der Waals surface area (Å²) < 4.78 is 34.6. The quantitative estimate of drug-likeness (QED) is 0.796. The number of carbonyl (C=O) groups excluding carboxylic acids is 2. The molecule has 0 saturated heterocycles. The molecule has 0 spiro atoms. The van der Waals surface area contributed by atoms with Crippen LogP contribution in [0.1, 0.15) is 28.5 Å². The smallest absolute Gasteiger partial charge is 0.395 e. The van der Waals surface area contributed by atoms with Crippen molar-refractivity contribution in [2.24, 2.45) is 0 Å². The van der Waals surface area contributed by atoms with Crippen LogP contribution in [0.2, 0.25) is 0 Å². The van der Waals surface area contributed by atoms with Crippen molar-refractivity contribution in [3.63, 3.8) is 0 Å². The minimum Gasteiger partial charge on any atom is -0.395 e. The number of nitrogens with zero attached hydrogens (tertiary/aromatic N) is 1. The zero-order valence-electron chi connectivity index (χ0n) is 14.1. The molecule has 26 heavy (non-hydrogen) atoms. The first-order chi connectivity index (χ1) is 12.1. The third-order valence-corrected chi connectivity index (χ3v) is 4.80. The van der Waals surface area contributed by atoms with Crippen LogP contribution in [0.4, 0.5) is 14.5 Å². The minimum absolute atomic E-state index is 0.127. The summed E-state index contributed by atoms with van der Waals surface area (Å²) in [5, 5.41) is 5.77. The lowest BCUT2D eigenvalue weighted by Gasteiger charge is -2.13. The summed E-state index contributed by atoms with van der Waals surface area (Å²) in [5.74, 6) is -2.16. The van der Waals surface area contributed by atoms with Gasteiger partial charge in [-0.2, -0.15) is 0 Å². The lowest BCUT2D eigenvalue weighted by atomic mass is 10.2. The van der Waals surface area contributed by atoms with Crippen molar-refractivity contribution in [2.45, 2.75) is 33.1 Å². The van der Waals surface area contributed by atoms with E-state index >= 15 is 0 Å². The molecule has 0 fully saturated rings. The lowest BCUT2D eigenvalue weighted by Crippen LogP contribution is -2.36. The molecule has 0 bridgehead atoms. The monoisotopic (exact) mass is 383 g/mol. The molecule has 3 rings (SSSR count). The molecule has 1 aliphatic heterocycles. The molecule has 1 atom stereocenters. The van der Waals surface area contributed by atoms with Crippen LogP contribution in [0.5, 0.6) is 11.5 Å². The molecular weight excluding hydrogens is 368 g/mol. The van der Waals surface area contributed by atoms with Crippen LogP contribution in [0, 0.1) is 13.8 Å². The number of alkyl halides is 2. The first kappa shape index (κ1) is 18.1. The van der Waals surface area contributed by atoms with E-state index in [9.17, 15) is 18.4 Å². The molecule has 0 radical (unpaired) electrons. The number of amides is 2. The topological polar surface area (TPSA) is 89.6 Å². The number of anilines is 1. The van der Waals surface area contributed by atoms with E-state index in [-0.39, 0.29) is 17.2 Å². The van der Waals surface area contributed by atoms with E-state index < -0.39 is 24.2 Å². The number of halogens is 2. The number of hydrogen-bond donors (Lipinski definition) is 2. The van der Waals surface area contributed by atoms with Crippen LogP contribution < -0.4 is 20.1 Å². The van der Waals surface area contributed by atoms with Crippen LogP contribution in [-0.2, 0) is 9.59 Å². The summed E-state index contributed by atoms with van der Waals surface area (Å²) >= 11 is 1.43. The maximum Gasteiger partial charge on any atom is 0.586 e. The Morgan fingerprint density at radius 3 is 2.54 bits per heavy atom. The van der Waals surface area contributed by atoms with Crippen molar-refractivity contribution in [3.8, 4) is 11.5 Å². The highest BCUT2D eigenvalue weighted by molar-refractivity contribution is 7.11. The van der Waals surface area contributed by atoms with Gasteiger partial charge >= 0.3 is 18.1 Å². The zero-order chi connectivity index (χ0) is 19.1. The van der Waals surface area contributed by atoms with Gasteiger partial charge in [0, 0.05) is 16.6 Å². The number of hydrogen-bond acceptors (Lipinski definition) is 6. The van der Waals surface area contributed by atoms with E-state index in [1.807, 2.05) is 13.8 Å². The number of aryl methyl sites for hydroxylation is 2. The van der Waals surface area contributed by atoms with E-state index in [0.717, 1.165) is 21.6 Å². The Bertz CT molecular complexity index is 884. The maximum absolute atomic E-state index is 13.0. The van der Waals surface area contributed by atoms with Crippen LogP contribution >= 0.6 is 11.3 Å². The van der Waals surface area contributed by atoms with Crippen molar-refractivity contribution in [3.05, 3.63) is 33.8 Å². The van der Waals surface area contributed by atoms with E-state index in [0.29, 0.717) is 0 Å². The summed E-state index contributed by atoms with van der Waals surface area (Å²) in [7, 11) is 0. The van der Waals surface area contributed by atoms with Crippen LogP contribution in [0.3, 0.4) is 0 Å². The van der Waals surface area contributed by atoms with Gasteiger partial charge in [-0.05, 0) is 32.9 Å². The number of fused-ring (bicyclic) bond motifs is 1. The highest BCUT2D eigenvalue weighted by Gasteiger charge is 2.43. The molecular formula is C16H15F2N3O4S. The van der Waals surface area contributed by atoms with E-state index in [2.05, 4.69) is 25.1 Å². The average molecular weight is 383 g/mol. The zero-order valence-corrected chi connectivity index (χ0v) is 14.9. The fourth-order valence-corrected chi connectivity index (χ4v) is 3.42. The molecule has 0 aliphatic carbocycles. The van der Waals surface area contributed by atoms with Gasteiger partial charge < -0.3 is 20.1 Å². The second-order valence-corrected chi connectivity index (χ2v) is 6.90. The molecule has 0 unspecified atom stereocenters. The molecule has 0 saturated carbocycles. The van der Waals surface area contributed by atoms with Gasteiger partial charge in [-0.3, -0.25) is 9.59 Å². The Morgan fingerprint density at radius 2 is 1.88 bits per heavy atom. The molecule has 7 nitrogen and oxygen atoms in total. The van der Waals surface area contributed by atoms with Crippen molar-refractivity contribution < 1.29 is 27.8 Å². The molecule has 1 aromatic carbocycles. The van der Waals surface area contributed by atoms with Crippen LogP contribution in [0.25, 0.3) is 0 Å². The van der Waals surface area contributed by atoms with E-state index in [1.165, 1.54) is 23.5 Å². The summed E-state index contributed by atoms with van der Waals surface area (Å²) in [6, 6.07) is 3.31. The third-order valence-electron chi connectivity index (χ3n) is 3.55. The molecule has 2 amide bonds. The first-order valence-electron chi connectivity index (χ1n) is 7.60. The van der Waals surface area contributed by atoms with Crippen molar-refractivity contribution in [1.82, 2.24) is 10.3 Å².